The molecule has 0 bridgehead atoms. The molecule has 1 aromatic carbocycles. The Kier molecular flexibility index (Phi) is 3.09. The van der Waals surface area contributed by atoms with Gasteiger partial charge in [0.1, 0.15) is 6.10 Å². The van der Waals surface area contributed by atoms with Crippen LogP contribution in [0.3, 0.4) is 0 Å². The Hall–Kier alpha value is -1.71. The van der Waals surface area contributed by atoms with Crippen LogP contribution >= 0.6 is 0 Å². The minimum atomic E-state index is -0.604. The van der Waals surface area contributed by atoms with E-state index in [0.29, 0.717) is 5.69 Å². The number of nitrogens with one attached hydrogen (secondary N) is 1. The van der Waals surface area contributed by atoms with Gasteiger partial charge in [0.2, 0.25) is 0 Å². The maximum atomic E-state index is 10.5. The van der Waals surface area contributed by atoms with E-state index in [1.54, 1.807) is 6.20 Å². The Bertz CT molecular complexity index is 527. The molecule has 0 saturated heterocycles. The van der Waals surface area contributed by atoms with Crippen molar-refractivity contribution in [1.29, 1.82) is 0 Å². The SMILES string of the molecule is OC(c1ccccn1)C1NCCc2ccccc21. The second kappa shape index (κ2) is 4.88. The van der Waals surface area contributed by atoms with Crippen LogP contribution in [-0.4, -0.2) is 16.6 Å². The molecule has 0 saturated carbocycles. The Morgan fingerprint density at radius 1 is 1.17 bits per heavy atom. The number of fused-ring (bicyclic) bond motifs is 1. The number of hydrogen-bond donors (Lipinski definition) is 2. The van der Waals surface area contributed by atoms with Crippen LogP contribution in [0.5, 0.6) is 0 Å². The summed E-state index contributed by atoms with van der Waals surface area (Å²) in [5.41, 5.74) is 3.21. The fourth-order valence-corrected chi connectivity index (χ4v) is 2.54. The summed E-state index contributed by atoms with van der Waals surface area (Å²) < 4.78 is 0. The molecule has 2 atom stereocenters. The maximum Gasteiger partial charge on any atom is 0.115 e. The van der Waals surface area contributed by atoms with Crippen molar-refractivity contribution in [3.8, 4) is 0 Å². The standard InChI is InChI=1S/C15H16N2O/c18-15(13-7-3-4-9-16-13)14-12-6-2-1-5-11(12)8-10-17-14/h1-7,9,14-15,17-18H,8,10H2. The molecule has 1 aliphatic heterocycles. The van der Waals surface area contributed by atoms with E-state index in [0.717, 1.165) is 13.0 Å². The van der Waals surface area contributed by atoms with Gasteiger partial charge in [-0.2, -0.15) is 0 Å². The first-order chi connectivity index (χ1) is 8.86. The summed E-state index contributed by atoms with van der Waals surface area (Å²) in [6.07, 6.45) is 2.13. The van der Waals surface area contributed by atoms with Crippen molar-refractivity contribution in [2.24, 2.45) is 0 Å². The summed E-state index contributed by atoms with van der Waals surface area (Å²) in [6, 6.07) is 13.8. The average molecular weight is 240 g/mol. The number of nitrogens with zero attached hydrogens (tertiary/aromatic N) is 1. The van der Waals surface area contributed by atoms with E-state index in [4.69, 9.17) is 0 Å². The molecular weight excluding hydrogens is 224 g/mol. The van der Waals surface area contributed by atoms with Crippen LogP contribution in [0.2, 0.25) is 0 Å². The maximum absolute atomic E-state index is 10.5. The third-order valence-electron chi connectivity index (χ3n) is 3.46. The van der Waals surface area contributed by atoms with E-state index in [2.05, 4.69) is 22.4 Å². The highest BCUT2D eigenvalue weighted by molar-refractivity contribution is 5.34. The van der Waals surface area contributed by atoms with Crippen molar-refractivity contribution in [2.45, 2.75) is 18.6 Å². The third-order valence-corrected chi connectivity index (χ3v) is 3.46. The smallest absolute Gasteiger partial charge is 0.115 e. The predicted molar refractivity (Wildman–Crippen MR) is 70.1 cm³/mol. The van der Waals surface area contributed by atoms with Crippen molar-refractivity contribution in [2.75, 3.05) is 6.54 Å². The minimum Gasteiger partial charge on any atom is -0.385 e. The molecule has 1 aliphatic rings. The normalized spacial score (nSPS) is 20.2. The Labute approximate surface area is 107 Å². The molecule has 92 valence electrons. The molecule has 0 spiro atoms. The van der Waals surface area contributed by atoms with Gasteiger partial charge in [0.15, 0.2) is 0 Å². The molecule has 2 unspecified atom stereocenters. The van der Waals surface area contributed by atoms with Gasteiger partial charge >= 0.3 is 0 Å². The van der Waals surface area contributed by atoms with Gasteiger partial charge in [-0.25, -0.2) is 0 Å². The first-order valence-electron chi connectivity index (χ1n) is 6.26. The number of aliphatic hydroxyl groups is 1. The zero-order valence-electron chi connectivity index (χ0n) is 10.1. The molecule has 3 nitrogen and oxygen atoms in total. The third kappa shape index (κ3) is 2.03. The van der Waals surface area contributed by atoms with E-state index in [1.807, 2.05) is 30.3 Å². The zero-order valence-corrected chi connectivity index (χ0v) is 10.1. The van der Waals surface area contributed by atoms with E-state index in [1.165, 1.54) is 11.1 Å². The van der Waals surface area contributed by atoms with Gasteiger partial charge in [-0.15, -0.1) is 0 Å². The first-order valence-corrected chi connectivity index (χ1v) is 6.26. The number of aromatic nitrogens is 1. The highest BCUT2D eigenvalue weighted by Crippen LogP contribution is 2.32. The lowest BCUT2D eigenvalue weighted by atomic mass is 9.90. The molecule has 0 radical (unpaired) electrons. The largest absolute Gasteiger partial charge is 0.385 e. The lowest BCUT2D eigenvalue weighted by Gasteiger charge is -2.30. The summed E-state index contributed by atoms with van der Waals surface area (Å²) in [6.45, 7) is 0.894. The second-order valence-electron chi connectivity index (χ2n) is 4.58. The van der Waals surface area contributed by atoms with Crippen LogP contribution in [0.15, 0.2) is 48.7 Å². The molecule has 0 fully saturated rings. The summed E-state index contributed by atoms with van der Waals surface area (Å²) in [7, 11) is 0. The Morgan fingerprint density at radius 3 is 2.83 bits per heavy atom. The summed E-state index contributed by atoms with van der Waals surface area (Å²) in [5, 5.41) is 13.9. The van der Waals surface area contributed by atoms with Gasteiger partial charge in [0.05, 0.1) is 11.7 Å². The summed E-state index contributed by atoms with van der Waals surface area (Å²) in [5.74, 6) is 0. The molecule has 3 rings (SSSR count). The molecule has 1 aromatic heterocycles. The lowest BCUT2D eigenvalue weighted by Crippen LogP contribution is -2.34. The molecule has 2 N–H and O–H groups in total. The second-order valence-corrected chi connectivity index (χ2v) is 4.58. The predicted octanol–water partition coefficient (Wildman–Crippen LogP) is 2.00. The molecule has 3 heteroatoms. The molecule has 0 amide bonds. The van der Waals surface area contributed by atoms with Gasteiger partial charge in [-0.1, -0.05) is 30.3 Å². The van der Waals surface area contributed by atoms with E-state index in [-0.39, 0.29) is 6.04 Å². The van der Waals surface area contributed by atoms with Crippen LogP contribution in [0.1, 0.15) is 29.0 Å². The fourth-order valence-electron chi connectivity index (χ4n) is 2.54. The van der Waals surface area contributed by atoms with E-state index < -0.39 is 6.10 Å². The van der Waals surface area contributed by atoms with E-state index >= 15 is 0 Å². The number of benzene rings is 1. The molecule has 0 aliphatic carbocycles. The topological polar surface area (TPSA) is 45.2 Å². The van der Waals surface area contributed by atoms with E-state index in [9.17, 15) is 5.11 Å². The van der Waals surface area contributed by atoms with Crippen LogP contribution in [0.4, 0.5) is 0 Å². The van der Waals surface area contributed by atoms with Crippen LogP contribution in [0.25, 0.3) is 0 Å². The average Bonchev–Trinajstić information content (AvgIpc) is 2.47. The highest BCUT2D eigenvalue weighted by Gasteiger charge is 2.27. The van der Waals surface area contributed by atoms with Crippen LogP contribution in [0, 0.1) is 0 Å². The van der Waals surface area contributed by atoms with Crippen molar-refractivity contribution < 1.29 is 5.11 Å². The number of hydrogen-bond acceptors (Lipinski definition) is 3. The fraction of sp³-hybridized carbons (Fsp3) is 0.267. The van der Waals surface area contributed by atoms with Gasteiger partial charge < -0.3 is 10.4 Å². The summed E-state index contributed by atoms with van der Waals surface area (Å²) in [4.78, 5) is 4.24. The first kappa shape index (κ1) is 11.4. The van der Waals surface area contributed by atoms with Gasteiger partial charge in [0.25, 0.3) is 0 Å². The highest BCUT2D eigenvalue weighted by atomic mass is 16.3. The minimum absolute atomic E-state index is 0.0650. The molecular formula is C15H16N2O. The van der Waals surface area contributed by atoms with Gasteiger partial charge in [-0.05, 0) is 36.2 Å². The van der Waals surface area contributed by atoms with Crippen LogP contribution < -0.4 is 5.32 Å². The molecule has 2 heterocycles. The monoisotopic (exact) mass is 240 g/mol. The Balaban J connectivity index is 1.94. The van der Waals surface area contributed by atoms with Crippen molar-refractivity contribution in [3.05, 3.63) is 65.5 Å². The molecule has 2 aromatic rings. The van der Waals surface area contributed by atoms with Crippen molar-refractivity contribution in [3.63, 3.8) is 0 Å². The number of rotatable bonds is 2. The molecule has 18 heavy (non-hydrogen) atoms. The van der Waals surface area contributed by atoms with Crippen molar-refractivity contribution in [1.82, 2.24) is 10.3 Å². The number of pyridine rings is 1. The summed E-state index contributed by atoms with van der Waals surface area (Å²) >= 11 is 0. The quantitative estimate of drug-likeness (QED) is 0.844. The van der Waals surface area contributed by atoms with Gasteiger partial charge in [-0.3, -0.25) is 4.98 Å². The lowest BCUT2D eigenvalue weighted by molar-refractivity contribution is 0.121. The zero-order chi connectivity index (χ0) is 12.4. The van der Waals surface area contributed by atoms with Crippen LogP contribution in [-0.2, 0) is 6.42 Å². The Morgan fingerprint density at radius 2 is 2.00 bits per heavy atom. The number of aliphatic hydroxyl groups excluding tert-OH is 1. The van der Waals surface area contributed by atoms with Crippen molar-refractivity contribution >= 4 is 0 Å². The van der Waals surface area contributed by atoms with Gasteiger partial charge in [0, 0.05) is 6.20 Å².